The smallest absolute Gasteiger partial charge is 0.278 e. The van der Waals surface area contributed by atoms with E-state index in [9.17, 15) is 4.79 Å². The van der Waals surface area contributed by atoms with E-state index in [1.165, 1.54) is 17.3 Å². The van der Waals surface area contributed by atoms with E-state index < -0.39 is 0 Å². The number of aryl methyl sites for hydroxylation is 1. The molecule has 0 saturated carbocycles. The third kappa shape index (κ3) is 3.74. The van der Waals surface area contributed by atoms with Crippen LogP contribution < -0.4 is 5.32 Å². The zero-order valence-electron chi connectivity index (χ0n) is 14.6. The number of amides is 1. The third-order valence-electron chi connectivity index (χ3n) is 4.08. The number of aromatic nitrogens is 5. The Morgan fingerprint density at radius 3 is 2.52 bits per heavy atom. The monoisotopic (exact) mass is 356 g/mol. The fraction of sp³-hybridized carbons (Fsp3) is 0.353. The summed E-state index contributed by atoms with van der Waals surface area (Å²) in [5.74, 6) is 0.185. The molecule has 0 unspecified atom stereocenters. The highest BCUT2D eigenvalue weighted by Crippen LogP contribution is 2.18. The average Bonchev–Trinajstić information content (AvgIpc) is 3.15. The molecule has 130 valence electrons. The second-order valence-corrected chi connectivity index (χ2v) is 6.74. The molecule has 25 heavy (non-hydrogen) atoms. The van der Waals surface area contributed by atoms with Crippen LogP contribution in [0.4, 0.5) is 5.69 Å². The van der Waals surface area contributed by atoms with Gasteiger partial charge in [-0.05, 0) is 37.5 Å². The van der Waals surface area contributed by atoms with Crippen LogP contribution in [-0.4, -0.2) is 29.6 Å². The van der Waals surface area contributed by atoms with Gasteiger partial charge in [-0.3, -0.25) is 4.79 Å². The lowest BCUT2D eigenvalue weighted by Crippen LogP contribution is -2.14. The van der Waals surface area contributed by atoms with Gasteiger partial charge in [-0.2, -0.15) is 8.75 Å². The molecule has 0 aliphatic heterocycles. The molecule has 2 heterocycles. The number of carbonyl (C=O) groups excluding carboxylic acids is 1. The molecule has 1 amide bonds. The topological polar surface area (TPSA) is 85.6 Å². The summed E-state index contributed by atoms with van der Waals surface area (Å²) in [4.78, 5) is 12.5. The Hall–Kier alpha value is -2.61. The van der Waals surface area contributed by atoms with Crippen molar-refractivity contribution in [2.45, 2.75) is 40.2 Å². The van der Waals surface area contributed by atoms with Gasteiger partial charge in [0.1, 0.15) is 0 Å². The average molecular weight is 356 g/mol. The maximum atomic E-state index is 12.5. The zero-order chi connectivity index (χ0) is 18.0. The van der Waals surface area contributed by atoms with Crippen molar-refractivity contribution in [3.8, 4) is 0 Å². The highest BCUT2D eigenvalue weighted by Gasteiger charge is 2.18. The predicted octanol–water partition coefficient (Wildman–Crippen LogP) is 3.17. The standard InChI is InChI=1S/C17H20N6OS/c1-10(2)13-5-7-14(8-6-13)18-17(24)16-12(4)23(22-19-16)9-15-11(3)20-25-21-15/h5-8,10H,9H2,1-4H3,(H,18,24). The molecule has 0 radical (unpaired) electrons. The van der Waals surface area contributed by atoms with Crippen LogP contribution >= 0.6 is 11.7 Å². The molecule has 0 aliphatic rings. The van der Waals surface area contributed by atoms with Crippen molar-refractivity contribution < 1.29 is 4.79 Å². The molecule has 0 atom stereocenters. The van der Waals surface area contributed by atoms with E-state index in [0.29, 0.717) is 23.9 Å². The first kappa shape index (κ1) is 17.2. The lowest BCUT2D eigenvalue weighted by Gasteiger charge is -2.08. The van der Waals surface area contributed by atoms with Gasteiger partial charge in [0.25, 0.3) is 5.91 Å². The first-order chi connectivity index (χ1) is 12.0. The molecule has 0 bridgehead atoms. The second kappa shape index (κ2) is 7.10. The van der Waals surface area contributed by atoms with Crippen LogP contribution in [0.5, 0.6) is 0 Å². The van der Waals surface area contributed by atoms with Crippen molar-refractivity contribution in [3.63, 3.8) is 0 Å². The van der Waals surface area contributed by atoms with E-state index >= 15 is 0 Å². The normalized spacial score (nSPS) is 11.1. The van der Waals surface area contributed by atoms with Crippen molar-refractivity contribution in [1.29, 1.82) is 0 Å². The minimum atomic E-state index is -0.269. The molecule has 1 aromatic carbocycles. The predicted molar refractivity (Wildman–Crippen MR) is 97.0 cm³/mol. The molecule has 0 fully saturated rings. The first-order valence-electron chi connectivity index (χ1n) is 8.05. The molecule has 0 spiro atoms. The van der Waals surface area contributed by atoms with Crippen molar-refractivity contribution in [2.75, 3.05) is 5.32 Å². The van der Waals surface area contributed by atoms with Crippen molar-refractivity contribution in [1.82, 2.24) is 23.7 Å². The number of hydrogen-bond acceptors (Lipinski definition) is 6. The van der Waals surface area contributed by atoms with Gasteiger partial charge >= 0.3 is 0 Å². The van der Waals surface area contributed by atoms with Crippen molar-refractivity contribution >= 4 is 23.3 Å². The van der Waals surface area contributed by atoms with Gasteiger partial charge in [-0.1, -0.05) is 31.2 Å². The lowest BCUT2D eigenvalue weighted by molar-refractivity contribution is 0.102. The summed E-state index contributed by atoms with van der Waals surface area (Å²) in [5, 5.41) is 11.0. The quantitative estimate of drug-likeness (QED) is 0.759. The van der Waals surface area contributed by atoms with Crippen LogP contribution in [0.25, 0.3) is 0 Å². The van der Waals surface area contributed by atoms with Crippen LogP contribution in [0.3, 0.4) is 0 Å². The third-order valence-corrected chi connectivity index (χ3v) is 4.74. The Morgan fingerprint density at radius 1 is 1.20 bits per heavy atom. The van der Waals surface area contributed by atoms with E-state index in [-0.39, 0.29) is 5.91 Å². The number of nitrogens with one attached hydrogen (secondary N) is 1. The maximum absolute atomic E-state index is 12.5. The van der Waals surface area contributed by atoms with Crippen LogP contribution in [0.2, 0.25) is 0 Å². The molecule has 2 aromatic heterocycles. The number of carbonyl (C=O) groups is 1. The largest absolute Gasteiger partial charge is 0.321 e. The number of anilines is 1. The summed E-state index contributed by atoms with van der Waals surface area (Å²) >= 11 is 1.17. The Labute approximate surface area is 150 Å². The van der Waals surface area contributed by atoms with E-state index in [0.717, 1.165) is 17.1 Å². The maximum Gasteiger partial charge on any atom is 0.278 e. The van der Waals surface area contributed by atoms with E-state index in [4.69, 9.17) is 0 Å². The van der Waals surface area contributed by atoms with Crippen molar-refractivity contribution in [3.05, 3.63) is 52.6 Å². The molecular formula is C17H20N6OS. The summed E-state index contributed by atoms with van der Waals surface area (Å²) in [6, 6.07) is 7.83. The summed E-state index contributed by atoms with van der Waals surface area (Å²) in [7, 11) is 0. The summed E-state index contributed by atoms with van der Waals surface area (Å²) in [6.45, 7) is 8.45. The van der Waals surface area contributed by atoms with Gasteiger partial charge in [-0.25, -0.2) is 4.68 Å². The number of hydrogen-bond donors (Lipinski definition) is 1. The van der Waals surface area contributed by atoms with Gasteiger partial charge in [0.2, 0.25) is 0 Å². The minimum absolute atomic E-state index is 0.269. The molecule has 7 nitrogen and oxygen atoms in total. The molecule has 3 aromatic rings. The molecule has 1 N–H and O–H groups in total. The van der Waals surface area contributed by atoms with Crippen molar-refractivity contribution in [2.24, 2.45) is 0 Å². The summed E-state index contributed by atoms with van der Waals surface area (Å²) in [6.07, 6.45) is 0. The fourth-order valence-electron chi connectivity index (χ4n) is 2.40. The Bertz CT molecular complexity index is 881. The number of rotatable bonds is 5. The van der Waals surface area contributed by atoms with E-state index in [2.05, 4.69) is 38.2 Å². The molecule has 3 rings (SSSR count). The highest BCUT2D eigenvalue weighted by molar-refractivity contribution is 6.99. The van der Waals surface area contributed by atoms with Crippen LogP contribution in [0, 0.1) is 13.8 Å². The Morgan fingerprint density at radius 2 is 1.92 bits per heavy atom. The van der Waals surface area contributed by atoms with Gasteiger partial charge in [0.05, 0.1) is 35.4 Å². The van der Waals surface area contributed by atoms with Gasteiger partial charge < -0.3 is 5.32 Å². The Balaban J connectivity index is 1.73. The number of nitrogens with zero attached hydrogens (tertiary/aromatic N) is 5. The zero-order valence-corrected chi connectivity index (χ0v) is 15.5. The van der Waals surface area contributed by atoms with Gasteiger partial charge in [-0.15, -0.1) is 5.10 Å². The number of benzene rings is 1. The van der Waals surface area contributed by atoms with Crippen LogP contribution in [-0.2, 0) is 6.54 Å². The highest BCUT2D eigenvalue weighted by atomic mass is 32.1. The first-order valence-corrected chi connectivity index (χ1v) is 8.78. The second-order valence-electron chi connectivity index (χ2n) is 6.21. The van der Waals surface area contributed by atoms with Gasteiger partial charge in [0, 0.05) is 5.69 Å². The SMILES string of the molecule is Cc1nsnc1Cn1nnc(C(=O)Nc2ccc(C(C)C)cc2)c1C. The lowest BCUT2D eigenvalue weighted by atomic mass is 10.0. The molecular weight excluding hydrogens is 336 g/mol. The van der Waals surface area contributed by atoms with E-state index in [1.807, 2.05) is 38.1 Å². The Kier molecular flexibility index (Phi) is 4.89. The molecule has 0 saturated heterocycles. The summed E-state index contributed by atoms with van der Waals surface area (Å²) in [5.41, 5.74) is 4.69. The molecule has 8 heteroatoms. The van der Waals surface area contributed by atoms with Crippen LogP contribution in [0.15, 0.2) is 24.3 Å². The van der Waals surface area contributed by atoms with Crippen LogP contribution in [0.1, 0.15) is 52.9 Å². The van der Waals surface area contributed by atoms with E-state index in [1.54, 1.807) is 4.68 Å². The fourth-order valence-corrected chi connectivity index (χ4v) is 2.95. The molecule has 0 aliphatic carbocycles. The summed E-state index contributed by atoms with van der Waals surface area (Å²) < 4.78 is 10.1. The van der Waals surface area contributed by atoms with Gasteiger partial charge in [0.15, 0.2) is 5.69 Å². The minimum Gasteiger partial charge on any atom is -0.321 e.